The first-order valence-corrected chi connectivity index (χ1v) is 8.39. The molecule has 1 unspecified atom stereocenters. The number of hydrogen-bond donors (Lipinski definition) is 0. The summed E-state index contributed by atoms with van der Waals surface area (Å²) >= 11 is 0. The molecule has 1 atom stereocenters. The molecular formula is C14H16F3NO4S. The lowest BCUT2D eigenvalue weighted by Crippen LogP contribution is -2.48. The third-order valence-corrected chi connectivity index (χ3v) is 5.64. The van der Waals surface area contributed by atoms with Crippen LogP contribution in [0, 0.1) is 0 Å². The van der Waals surface area contributed by atoms with Crippen LogP contribution in [0.5, 0.6) is 0 Å². The molecule has 1 aliphatic heterocycles. The second kappa shape index (κ2) is 6.48. The van der Waals surface area contributed by atoms with Gasteiger partial charge in [-0.2, -0.15) is 17.5 Å². The predicted octanol–water partition coefficient (Wildman–Crippen LogP) is 2.42. The van der Waals surface area contributed by atoms with Gasteiger partial charge in [-0.25, -0.2) is 8.42 Å². The average Bonchev–Trinajstić information content (AvgIpc) is 2.53. The van der Waals surface area contributed by atoms with Crippen LogP contribution in [0.3, 0.4) is 0 Å². The Kier molecular flexibility index (Phi) is 5.00. The maximum Gasteiger partial charge on any atom is 0.416 e. The average molecular weight is 351 g/mol. The van der Waals surface area contributed by atoms with Crippen LogP contribution in [-0.2, 0) is 25.7 Å². The number of hydrogen-bond acceptors (Lipinski definition) is 4. The van der Waals surface area contributed by atoms with Crippen molar-refractivity contribution in [2.75, 3.05) is 13.7 Å². The van der Waals surface area contributed by atoms with E-state index >= 15 is 0 Å². The van der Waals surface area contributed by atoms with E-state index in [2.05, 4.69) is 4.74 Å². The van der Waals surface area contributed by atoms with Crippen molar-refractivity contribution in [3.63, 3.8) is 0 Å². The highest BCUT2D eigenvalue weighted by atomic mass is 32.2. The zero-order valence-corrected chi connectivity index (χ0v) is 13.2. The number of carbonyl (C=O) groups excluding carboxylic acids is 1. The number of rotatable bonds is 3. The number of carbonyl (C=O) groups is 1. The van der Waals surface area contributed by atoms with Crippen LogP contribution < -0.4 is 0 Å². The maximum absolute atomic E-state index is 12.6. The van der Waals surface area contributed by atoms with Gasteiger partial charge in [0.25, 0.3) is 0 Å². The van der Waals surface area contributed by atoms with E-state index in [4.69, 9.17) is 0 Å². The van der Waals surface area contributed by atoms with E-state index < -0.39 is 33.8 Å². The fourth-order valence-corrected chi connectivity index (χ4v) is 4.16. The Bertz CT molecular complexity index is 670. The van der Waals surface area contributed by atoms with Crippen LogP contribution >= 0.6 is 0 Å². The van der Waals surface area contributed by atoms with E-state index in [9.17, 15) is 26.4 Å². The number of alkyl halides is 3. The summed E-state index contributed by atoms with van der Waals surface area (Å²) in [4.78, 5) is 11.5. The quantitative estimate of drug-likeness (QED) is 0.785. The van der Waals surface area contributed by atoms with Crippen LogP contribution in [0.25, 0.3) is 0 Å². The van der Waals surface area contributed by atoms with Gasteiger partial charge in [-0.15, -0.1) is 0 Å². The first-order chi connectivity index (χ1) is 10.7. The molecule has 9 heteroatoms. The Morgan fingerprint density at radius 3 is 2.35 bits per heavy atom. The van der Waals surface area contributed by atoms with Crippen molar-refractivity contribution in [2.24, 2.45) is 0 Å². The van der Waals surface area contributed by atoms with Gasteiger partial charge in [0.1, 0.15) is 6.04 Å². The third-order valence-electron chi connectivity index (χ3n) is 3.72. The molecule has 1 aliphatic rings. The van der Waals surface area contributed by atoms with Crippen LogP contribution in [0.2, 0.25) is 0 Å². The normalized spacial score (nSPS) is 20.3. The van der Waals surface area contributed by atoms with Gasteiger partial charge in [0.15, 0.2) is 0 Å². The van der Waals surface area contributed by atoms with Gasteiger partial charge in [-0.05, 0) is 43.5 Å². The molecule has 1 fully saturated rings. The standard InChI is InChI=1S/C14H16F3NO4S/c1-22-13(19)12-4-2-3-9-18(12)23(20,21)11-7-5-10(6-8-11)14(15,16)17/h5-8,12H,2-4,9H2,1H3. The molecule has 0 amide bonds. The summed E-state index contributed by atoms with van der Waals surface area (Å²) in [5.74, 6) is -0.666. The lowest BCUT2D eigenvalue weighted by molar-refractivity contribution is -0.146. The van der Waals surface area contributed by atoms with E-state index in [-0.39, 0.29) is 11.4 Å². The summed E-state index contributed by atoms with van der Waals surface area (Å²) in [6, 6.07) is 2.29. The lowest BCUT2D eigenvalue weighted by atomic mass is 10.1. The molecule has 2 rings (SSSR count). The first-order valence-electron chi connectivity index (χ1n) is 6.95. The number of sulfonamides is 1. The number of esters is 1. The minimum absolute atomic E-state index is 0.128. The van der Waals surface area contributed by atoms with Crippen molar-refractivity contribution < 1.29 is 31.1 Å². The largest absolute Gasteiger partial charge is 0.468 e. The van der Waals surface area contributed by atoms with E-state index in [0.717, 1.165) is 16.4 Å². The smallest absolute Gasteiger partial charge is 0.416 e. The Hall–Kier alpha value is -1.61. The number of halogens is 3. The monoisotopic (exact) mass is 351 g/mol. The summed E-state index contributed by atoms with van der Waals surface area (Å²) < 4.78 is 68.5. The molecule has 1 heterocycles. The maximum atomic E-state index is 12.6. The Morgan fingerprint density at radius 2 is 1.83 bits per heavy atom. The molecule has 1 aromatic rings. The third kappa shape index (κ3) is 3.66. The molecule has 5 nitrogen and oxygen atoms in total. The highest BCUT2D eigenvalue weighted by molar-refractivity contribution is 7.89. The highest BCUT2D eigenvalue weighted by Crippen LogP contribution is 2.31. The van der Waals surface area contributed by atoms with Crippen molar-refractivity contribution in [3.8, 4) is 0 Å². The predicted molar refractivity (Wildman–Crippen MR) is 75.0 cm³/mol. The van der Waals surface area contributed by atoms with Gasteiger partial charge >= 0.3 is 12.1 Å². The van der Waals surface area contributed by atoms with E-state index in [1.54, 1.807) is 0 Å². The zero-order chi connectivity index (χ0) is 17.3. The van der Waals surface area contributed by atoms with Gasteiger partial charge < -0.3 is 4.74 Å². The van der Waals surface area contributed by atoms with Crippen molar-refractivity contribution in [3.05, 3.63) is 29.8 Å². The second-order valence-corrected chi connectivity index (χ2v) is 7.06. The van der Waals surface area contributed by atoms with Crippen LogP contribution in [0.1, 0.15) is 24.8 Å². The van der Waals surface area contributed by atoms with Gasteiger partial charge in [-0.3, -0.25) is 4.79 Å². The molecule has 0 saturated carbocycles. The molecular weight excluding hydrogens is 335 g/mol. The Balaban J connectivity index is 2.34. The lowest BCUT2D eigenvalue weighted by Gasteiger charge is -2.32. The molecule has 0 aliphatic carbocycles. The molecule has 0 aromatic heterocycles. The highest BCUT2D eigenvalue weighted by Gasteiger charge is 2.38. The van der Waals surface area contributed by atoms with Crippen molar-refractivity contribution in [1.82, 2.24) is 4.31 Å². The molecule has 128 valence electrons. The van der Waals surface area contributed by atoms with Crippen molar-refractivity contribution >= 4 is 16.0 Å². The first kappa shape index (κ1) is 17.7. The van der Waals surface area contributed by atoms with E-state index in [1.807, 2.05) is 0 Å². The van der Waals surface area contributed by atoms with Gasteiger partial charge in [-0.1, -0.05) is 0 Å². The van der Waals surface area contributed by atoms with Crippen LogP contribution in [0.15, 0.2) is 29.2 Å². The summed E-state index contributed by atoms with van der Waals surface area (Å²) in [6.07, 6.45) is -2.96. The second-order valence-electron chi connectivity index (χ2n) is 5.17. The van der Waals surface area contributed by atoms with E-state index in [0.29, 0.717) is 31.4 Å². The van der Waals surface area contributed by atoms with Gasteiger partial charge in [0.05, 0.1) is 17.6 Å². The number of benzene rings is 1. The van der Waals surface area contributed by atoms with E-state index in [1.165, 1.54) is 7.11 Å². The zero-order valence-electron chi connectivity index (χ0n) is 12.3. The summed E-state index contributed by atoms with van der Waals surface area (Å²) in [5, 5.41) is 0. The number of ether oxygens (including phenoxy) is 1. The summed E-state index contributed by atoms with van der Waals surface area (Å²) in [5.41, 5.74) is -0.931. The Morgan fingerprint density at radius 1 is 1.22 bits per heavy atom. The summed E-state index contributed by atoms with van der Waals surface area (Å²) in [6.45, 7) is 0.128. The molecule has 23 heavy (non-hydrogen) atoms. The number of nitrogens with zero attached hydrogens (tertiary/aromatic N) is 1. The molecule has 0 spiro atoms. The molecule has 0 bridgehead atoms. The van der Waals surface area contributed by atoms with Crippen molar-refractivity contribution in [2.45, 2.75) is 36.4 Å². The van der Waals surface area contributed by atoms with Gasteiger partial charge in [0.2, 0.25) is 10.0 Å². The minimum Gasteiger partial charge on any atom is -0.468 e. The van der Waals surface area contributed by atoms with Gasteiger partial charge in [0, 0.05) is 6.54 Å². The SMILES string of the molecule is COC(=O)C1CCCCN1S(=O)(=O)c1ccc(C(F)(F)F)cc1. The molecule has 0 radical (unpaired) electrons. The van der Waals surface area contributed by atoms with Crippen LogP contribution in [0.4, 0.5) is 13.2 Å². The number of methoxy groups -OCH3 is 1. The summed E-state index contributed by atoms with van der Waals surface area (Å²) in [7, 11) is -2.90. The number of piperidine rings is 1. The molecule has 0 N–H and O–H groups in total. The minimum atomic E-state index is -4.54. The molecule has 1 aromatic carbocycles. The fourth-order valence-electron chi connectivity index (χ4n) is 2.52. The topological polar surface area (TPSA) is 63.7 Å². The van der Waals surface area contributed by atoms with Crippen LogP contribution in [-0.4, -0.2) is 38.4 Å². The van der Waals surface area contributed by atoms with Crippen molar-refractivity contribution in [1.29, 1.82) is 0 Å². The Labute approximate surface area is 132 Å². The molecule has 1 saturated heterocycles. The fraction of sp³-hybridized carbons (Fsp3) is 0.500.